The average Bonchev–Trinajstić information content (AvgIpc) is 2.80. The van der Waals surface area contributed by atoms with Gasteiger partial charge < -0.3 is 20.1 Å². The number of ether oxygens (including phenoxy) is 1. The SMILES string of the molecule is COC(=O)C1=C(Nc2cc(Cl)ccc2Cl)C(=O)N(CCO)C1. The standard InChI is InChI=1S/C14H14Cl2N2O4/c1-22-14(21)9-7-18(4-5-19)13(20)12(9)17-11-6-8(15)2-3-10(11)16/h2-3,6,17,19H,4-5,7H2,1H3. The van der Waals surface area contributed by atoms with Crippen LogP contribution in [0.5, 0.6) is 0 Å². The number of aliphatic hydroxyl groups is 1. The Kier molecular flexibility index (Phi) is 5.28. The number of carbonyl (C=O) groups excluding carboxylic acids is 2. The van der Waals surface area contributed by atoms with Gasteiger partial charge in [0.1, 0.15) is 5.70 Å². The zero-order valence-electron chi connectivity index (χ0n) is 11.7. The number of benzene rings is 1. The molecule has 22 heavy (non-hydrogen) atoms. The van der Waals surface area contributed by atoms with Crippen molar-refractivity contribution >= 4 is 40.8 Å². The molecule has 0 saturated heterocycles. The lowest BCUT2D eigenvalue weighted by Gasteiger charge is -2.15. The summed E-state index contributed by atoms with van der Waals surface area (Å²) in [6.07, 6.45) is 0. The minimum Gasteiger partial charge on any atom is -0.466 e. The molecule has 1 aromatic carbocycles. The normalized spacial score (nSPS) is 14.5. The molecule has 1 aliphatic rings. The van der Waals surface area contributed by atoms with E-state index in [0.29, 0.717) is 15.7 Å². The Bertz CT molecular complexity index is 646. The molecular weight excluding hydrogens is 331 g/mol. The van der Waals surface area contributed by atoms with Crippen LogP contribution in [0.15, 0.2) is 29.5 Å². The van der Waals surface area contributed by atoms with Crippen LogP contribution in [0, 0.1) is 0 Å². The van der Waals surface area contributed by atoms with Crippen molar-refractivity contribution in [3.63, 3.8) is 0 Å². The Hall–Kier alpha value is -1.76. The fourth-order valence-electron chi connectivity index (χ4n) is 2.08. The van der Waals surface area contributed by atoms with Crippen LogP contribution in [0.4, 0.5) is 5.69 Å². The molecule has 1 amide bonds. The first kappa shape index (κ1) is 16.6. The van der Waals surface area contributed by atoms with Crippen molar-refractivity contribution in [1.82, 2.24) is 4.90 Å². The second kappa shape index (κ2) is 7.00. The summed E-state index contributed by atoms with van der Waals surface area (Å²) in [4.78, 5) is 25.5. The number of anilines is 1. The number of amides is 1. The Morgan fingerprint density at radius 3 is 2.82 bits per heavy atom. The number of esters is 1. The van der Waals surface area contributed by atoms with Gasteiger partial charge in [0.25, 0.3) is 5.91 Å². The van der Waals surface area contributed by atoms with E-state index in [4.69, 9.17) is 33.0 Å². The third kappa shape index (κ3) is 3.35. The van der Waals surface area contributed by atoms with Crippen LogP contribution in [0.2, 0.25) is 10.0 Å². The van der Waals surface area contributed by atoms with E-state index in [1.54, 1.807) is 18.2 Å². The van der Waals surface area contributed by atoms with Gasteiger partial charge in [0, 0.05) is 11.6 Å². The maximum Gasteiger partial charge on any atom is 0.337 e. The highest BCUT2D eigenvalue weighted by Crippen LogP contribution is 2.29. The topological polar surface area (TPSA) is 78.9 Å². The summed E-state index contributed by atoms with van der Waals surface area (Å²) in [6, 6.07) is 4.74. The molecule has 2 N–H and O–H groups in total. The van der Waals surface area contributed by atoms with Crippen LogP contribution >= 0.6 is 23.2 Å². The van der Waals surface area contributed by atoms with Gasteiger partial charge in [-0.05, 0) is 18.2 Å². The molecule has 0 aliphatic carbocycles. The maximum absolute atomic E-state index is 12.3. The third-order valence-corrected chi connectivity index (χ3v) is 3.71. The molecule has 0 saturated carbocycles. The van der Waals surface area contributed by atoms with Gasteiger partial charge in [-0.25, -0.2) is 4.79 Å². The van der Waals surface area contributed by atoms with Crippen molar-refractivity contribution in [2.24, 2.45) is 0 Å². The molecule has 0 unspecified atom stereocenters. The quantitative estimate of drug-likeness (QED) is 0.794. The Labute approximate surface area is 137 Å². The van der Waals surface area contributed by atoms with Gasteiger partial charge in [-0.3, -0.25) is 4.79 Å². The molecule has 0 spiro atoms. The molecule has 2 rings (SSSR count). The third-order valence-electron chi connectivity index (χ3n) is 3.14. The Morgan fingerprint density at radius 2 is 2.18 bits per heavy atom. The molecule has 118 valence electrons. The van der Waals surface area contributed by atoms with E-state index >= 15 is 0 Å². The molecule has 0 atom stereocenters. The molecule has 6 nitrogen and oxygen atoms in total. The molecule has 0 fully saturated rings. The van der Waals surface area contributed by atoms with Crippen molar-refractivity contribution in [2.75, 3.05) is 32.1 Å². The fourth-order valence-corrected chi connectivity index (χ4v) is 2.41. The molecule has 8 heteroatoms. The van der Waals surface area contributed by atoms with E-state index in [1.165, 1.54) is 12.0 Å². The Morgan fingerprint density at radius 1 is 1.45 bits per heavy atom. The predicted octanol–water partition coefficient (Wildman–Crippen LogP) is 1.67. The van der Waals surface area contributed by atoms with Crippen LogP contribution < -0.4 is 5.32 Å². The number of carbonyl (C=O) groups is 2. The molecule has 0 radical (unpaired) electrons. The van der Waals surface area contributed by atoms with E-state index in [-0.39, 0.29) is 31.0 Å². The van der Waals surface area contributed by atoms with Gasteiger partial charge in [-0.1, -0.05) is 23.2 Å². The zero-order chi connectivity index (χ0) is 16.3. The van der Waals surface area contributed by atoms with Gasteiger partial charge in [0.15, 0.2) is 0 Å². The van der Waals surface area contributed by atoms with Crippen molar-refractivity contribution < 1.29 is 19.4 Å². The van der Waals surface area contributed by atoms with E-state index in [0.717, 1.165) is 0 Å². The highest BCUT2D eigenvalue weighted by atomic mass is 35.5. The second-order valence-corrected chi connectivity index (χ2v) is 5.39. The van der Waals surface area contributed by atoms with Gasteiger partial charge in [-0.15, -0.1) is 0 Å². The van der Waals surface area contributed by atoms with Crippen LogP contribution in [-0.2, 0) is 14.3 Å². The predicted molar refractivity (Wildman–Crippen MR) is 82.8 cm³/mol. The fraction of sp³-hybridized carbons (Fsp3) is 0.286. The molecular formula is C14H14Cl2N2O4. The number of methoxy groups -OCH3 is 1. The summed E-state index contributed by atoms with van der Waals surface area (Å²) in [7, 11) is 1.23. The number of β-amino-alcohol motifs (C(OH)–C–C–N with tert-alkyl or cyclic N) is 1. The van der Waals surface area contributed by atoms with Crippen LogP contribution in [0.25, 0.3) is 0 Å². The smallest absolute Gasteiger partial charge is 0.337 e. The zero-order valence-corrected chi connectivity index (χ0v) is 13.2. The first-order chi connectivity index (χ1) is 10.5. The summed E-state index contributed by atoms with van der Waals surface area (Å²) < 4.78 is 4.69. The van der Waals surface area contributed by atoms with Gasteiger partial charge in [0.2, 0.25) is 0 Å². The summed E-state index contributed by atoms with van der Waals surface area (Å²) in [6.45, 7) is -0.0221. The number of nitrogens with zero attached hydrogens (tertiary/aromatic N) is 1. The van der Waals surface area contributed by atoms with Crippen molar-refractivity contribution in [2.45, 2.75) is 0 Å². The second-order valence-electron chi connectivity index (χ2n) is 4.54. The largest absolute Gasteiger partial charge is 0.466 e. The van der Waals surface area contributed by atoms with Gasteiger partial charge in [0.05, 0.1) is 36.5 Å². The number of nitrogens with one attached hydrogen (secondary N) is 1. The highest BCUT2D eigenvalue weighted by molar-refractivity contribution is 6.35. The number of halogens is 2. The summed E-state index contributed by atoms with van der Waals surface area (Å²) in [5.41, 5.74) is 0.659. The van der Waals surface area contributed by atoms with Crippen LogP contribution in [0.3, 0.4) is 0 Å². The number of rotatable bonds is 5. The molecule has 1 heterocycles. The van der Waals surface area contributed by atoms with Gasteiger partial charge >= 0.3 is 5.97 Å². The van der Waals surface area contributed by atoms with E-state index in [9.17, 15) is 9.59 Å². The number of hydrogen-bond donors (Lipinski definition) is 2. The van der Waals surface area contributed by atoms with Gasteiger partial charge in [-0.2, -0.15) is 0 Å². The number of aliphatic hydroxyl groups excluding tert-OH is 1. The van der Waals surface area contributed by atoms with E-state index < -0.39 is 11.9 Å². The number of hydrogen-bond acceptors (Lipinski definition) is 5. The highest BCUT2D eigenvalue weighted by Gasteiger charge is 2.34. The summed E-state index contributed by atoms with van der Waals surface area (Å²) in [5, 5.41) is 12.6. The molecule has 1 aliphatic heterocycles. The van der Waals surface area contributed by atoms with E-state index in [2.05, 4.69) is 5.32 Å². The van der Waals surface area contributed by atoms with Crippen molar-refractivity contribution in [3.05, 3.63) is 39.5 Å². The summed E-state index contributed by atoms with van der Waals surface area (Å²) in [5.74, 6) is -1.03. The van der Waals surface area contributed by atoms with Crippen molar-refractivity contribution in [1.29, 1.82) is 0 Å². The first-order valence-electron chi connectivity index (χ1n) is 6.41. The minimum atomic E-state index is -0.616. The molecule has 0 aromatic heterocycles. The van der Waals surface area contributed by atoms with E-state index in [1.807, 2.05) is 0 Å². The molecule has 1 aromatic rings. The first-order valence-corrected chi connectivity index (χ1v) is 7.17. The van der Waals surface area contributed by atoms with Crippen molar-refractivity contribution in [3.8, 4) is 0 Å². The Balaban J connectivity index is 2.36. The monoisotopic (exact) mass is 344 g/mol. The molecule has 0 bridgehead atoms. The lowest BCUT2D eigenvalue weighted by molar-refractivity contribution is -0.136. The lowest BCUT2D eigenvalue weighted by Crippen LogP contribution is -2.31. The lowest BCUT2D eigenvalue weighted by atomic mass is 10.2. The summed E-state index contributed by atoms with van der Waals surface area (Å²) >= 11 is 12.0. The van der Waals surface area contributed by atoms with Crippen LogP contribution in [-0.4, -0.2) is 48.7 Å². The average molecular weight is 345 g/mol. The minimum absolute atomic E-state index is 0.0621. The van der Waals surface area contributed by atoms with Crippen LogP contribution in [0.1, 0.15) is 0 Å². The maximum atomic E-state index is 12.3.